The Morgan fingerprint density at radius 1 is 1.00 bits per heavy atom. The van der Waals surface area contributed by atoms with Gasteiger partial charge in [0.2, 0.25) is 0 Å². The van der Waals surface area contributed by atoms with E-state index < -0.39 is 0 Å². The zero-order chi connectivity index (χ0) is 17.6. The maximum atomic E-state index is 13.3. The summed E-state index contributed by atoms with van der Waals surface area (Å²) in [6.45, 7) is 2.12. The van der Waals surface area contributed by atoms with Crippen LogP contribution >= 0.6 is 11.6 Å². The van der Waals surface area contributed by atoms with E-state index in [2.05, 4.69) is 43.3 Å². The van der Waals surface area contributed by atoms with Crippen LogP contribution in [0.3, 0.4) is 0 Å². The third kappa shape index (κ3) is 4.95. The smallest absolute Gasteiger partial charge is 0.141 e. The van der Waals surface area contributed by atoms with Gasteiger partial charge in [-0.3, -0.25) is 0 Å². The van der Waals surface area contributed by atoms with Crippen molar-refractivity contribution in [2.75, 3.05) is 0 Å². The normalized spacial score (nSPS) is 20.9. The summed E-state index contributed by atoms with van der Waals surface area (Å²) >= 11 is 5.88. The highest BCUT2D eigenvalue weighted by atomic mass is 35.5. The van der Waals surface area contributed by atoms with Crippen LogP contribution in [-0.4, -0.2) is 0 Å². The first-order valence-corrected chi connectivity index (χ1v) is 9.70. The first kappa shape index (κ1) is 18.2. The zero-order valence-corrected chi connectivity index (χ0v) is 15.6. The van der Waals surface area contributed by atoms with Crippen molar-refractivity contribution in [3.8, 4) is 11.1 Å². The molecule has 0 nitrogen and oxygen atoms in total. The number of allylic oxidation sites excluding steroid dienone is 2. The van der Waals surface area contributed by atoms with Gasteiger partial charge in [0, 0.05) is 0 Å². The molecule has 25 heavy (non-hydrogen) atoms. The Bertz CT molecular complexity index is 709. The highest BCUT2D eigenvalue weighted by Gasteiger charge is 2.19. The predicted octanol–water partition coefficient (Wildman–Crippen LogP) is 7.46. The fourth-order valence-electron chi connectivity index (χ4n) is 3.85. The van der Waals surface area contributed by atoms with Crippen LogP contribution in [0.2, 0.25) is 5.02 Å². The van der Waals surface area contributed by atoms with Crippen molar-refractivity contribution in [2.24, 2.45) is 11.8 Å². The Morgan fingerprint density at radius 2 is 1.68 bits per heavy atom. The molecule has 0 atom stereocenters. The summed E-state index contributed by atoms with van der Waals surface area (Å²) in [7, 11) is 0. The van der Waals surface area contributed by atoms with Gasteiger partial charge < -0.3 is 0 Å². The van der Waals surface area contributed by atoms with E-state index in [0.29, 0.717) is 0 Å². The summed E-state index contributed by atoms with van der Waals surface area (Å²) in [6, 6.07) is 13.5. The second-order valence-corrected chi connectivity index (χ2v) is 7.58. The third-order valence-electron chi connectivity index (χ3n) is 5.40. The molecule has 0 heterocycles. The lowest BCUT2D eigenvalue weighted by Gasteiger charge is -2.26. The summed E-state index contributed by atoms with van der Waals surface area (Å²) in [5.74, 6) is 1.31. The van der Waals surface area contributed by atoms with Gasteiger partial charge in [0.25, 0.3) is 0 Å². The van der Waals surface area contributed by atoms with E-state index in [1.807, 2.05) is 0 Å². The quantitative estimate of drug-likeness (QED) is 0.487. The second-order valence-electron chi connectivity index (χ2n) is 7.17. The second kappa shape index (κ2) is 8.67. The van der Waals surface area contributed by atoms with E-state index in [-0.39, 0.29) is 10.8 Å². The number of halogens is 2. The molecule has 2 aromatic carbocycles. The summed E-state index contributed by atoms with van der Waals surface area (Å²) in [4.78, 5) is 0. The molecule has 2 heteroatoms. The standard InChI is InChI=1S/C23H26ClF/c1-2-3-17-4-6-18(7-5-17)8-9-19-10-12-20(13-11-19)21-14-15-23(25)22(24)16-21/h2-3,10-18H,4-9H2,1H3/t17-,18-. The van der Waals surface area contributed by atoms with Crippen LogP contribution in [0.1, 0.15) is 44.6 Å². The SMILES string of the molecule is CC=C[C@H]1CC[C@H](CCc2ccc(-c3ccc(F)c(Cl)c3)cc2)CC1. The van der Waals surface area contributed by atoms with Crippen LogP contribution in [0.5, 0.6) is 0 Å². The van der Waals surface area contributed by atoms with Gasteiger partial charge in [0.05, 0.1) is 5.02 Å². The van der Waals surface area contributed by atoms with Crippen LogP contribution in [0.25, 0.3) is 11.1 Å². The van der Waals surface area contributed by atoms with Crippen molar-refractivity contribution < 1.29 is 4.39 Å². The Labute approximate surface area is 155 Å². The fraction of sp³-hybridized carbons (Fsp3) is 0.391. The molecule has 0 N–H and O–H groups in total. The van der Waals surface area contributed by atoms with Crippen molar-refractivity contribution in [1.82, 2.24) is 0 Å². The van der Waals surface area contributed by atoms with E-state index in [0.717, 1.165) is 29.4 Å². The topological polar surface area (TPSA) is 0 Å². The molecule has 1 aliphatic carbocycles. The first-order chi connectivity index (χ1) is 12.2. The van der Waals surface area contributed by atoms with Gasteiger partial charge in [-0.05, 0) is 86.1 Å². The fourth-order valence-corrected chi connectivity index (χ4v) is 4.03. The van der Waals surface area contributed by atoms with Gasteiger partial charge in [-0.1, -0.05) is 54.1 Å². The predicted molar refractivity (Wildman–Crippen MR) is 105 cm³/mol. The van der Waals surface area contributed by atoms with Crippen LogP contribution in [0.15, 0.2) is 54.6 Å². The molecule has 0 bridgehead atoms. The molecule has 0 amide bonds. The molecule has 1 aliphatic rings. The zero-order valence-electron chi connectivity index (χ0n) is 14.8. The summed E-state index contributed by atoms with van der Waals surface area (Å²) in [6.07, 6.45) is 12.4. The summed E-state index contributed by atoms with van der Waals surface area (Å²) in [5.41, 5.74) is 3.42. The molecule has 3 rings (SSSR count). The average Bonchev–Trinajstić information content (AvgIpc) is 2.64. The van der Waals surface area contributed by atoms with Crippen molar-refractivity contribution in [2.45, 2.75) is 45.4 Å². The van der Waals surface area contributed by atoms with E-state index in [9.17, 15) is 4.39 Å². The van der Waals surface area contributed by atoms with Gasteiger partial charge in [0.15, 0.2) is 0 Å². The molecule has 0 aliphatic heterocycles. The monoisotopic (exact) mass is 356 g/mol. The molecule has 1 fully saturated rings. The molecule has 1 saturated carbocycles. The summed E-state index contributed by atoms with van der Waals surface area (Å²) in [5, 5.41) is 0.176. The minimum absolute atomic E-state index is 0.176. The minimum Gasteiger partial charge on any atom is -0.205 e. The Kier molecular flexibility index (Phi) is 6.31. The van der Waals surface area contributed by atoms with Crippen molar-refractivity contribution in [3.05, 3.63) is 71.0 Å². The summed E-state index contributed by atoms with van der Waals surface area (Å²) < 4.78 is 13.3. The number of benzene rings is 2. The van der Waals surface area contributed by atoms with Gasteiger partial charge >= 0.3 is 0 Å². The highest BCUT2D eigenvalue weighted by molar-refractivity contribution is 6.31. The molecule has 0 spiro atoms. The van der Waals surface area contributed by atoms with Crippen molar-refractivity contribution in [3.63, 3.8) is 0 Å². The van der Waals surface area contributed by atoms with Crippen LogP contribution in [0, 0.1) is 17.7 Å². The molecule has 0 aromatic heterocycles. The number of hydrogen-bond acceptors (Lipinski definition) is 0. The Balaban J connectivity index is 1.54. The molecular weight excluding hydrogens is 331 g/mol. The Hall–Kier alpha value is -1.60. The number of rotatable bonds is 5. The van der Waals surface area contributed by atoms with Gasteiger partial charge in [0.1, 0.15) is 5.82 Å². The van der Waals surface area contributed by atoms with Crippen LogP contribution < -0.4 is 0 Å². The number of hydrogen-bond donors (Lipinski definition) is 0. The lowest BCUT2D eigenvalue weighted by atomic mass is 9.79. The van der Waals surface area contributed by atoms with Crippen LogP contribution in [-0.2, 0) is 6.42 Å². The number of aryl methyl sites for hydroxylation is 1. The minimum atomic E-state index is -0.369. The molecule has 132 valence electrons. The van der Waals surface area contributed by atoms with E-state index in [1.165, 1.54) is 43.7 Å². The van der Waals surface area contributed by atoms with E-state index in [4.69, 9.17) is 11.6 Å². The lowest BCUT2D eigenvalue weighted by molar-refractivity contribution is 0.296. The first-order valence-electron chi connectivity index (χ1n) is 9.33. The maximum Gasteiger partial charge on any atom is 0.141 e. The molecule has 0 radical (unpaired) electrons. The van der Waals surface area contributed by atoms with Gasteiger partial charge in [-0.2, -0.15) is 0 Å². The van der Waals surface area contributed by atoms with Gasteiger partial charge in [-0.25, -0.2) is 4.39 Å². The third-order valence-corrected chi connectivity index (χ3v) is 5.69. The lowest BCUT2D eigenvalue weighted by Crippen LogP contribution is -2.13. The van der Waals surface area contributed by atoms with E-state index >= 15 is 0 Å². The molecule has 2 aromatic rings. The molecule has 0 unspecified atom stereocenters. The van der Waals surface area contributed by atoms with E-state index in [1.54, 1.807) is 12.1 Å². The largest absolute Gasteiger partial charge is 0.205 e. The highest BCUT2D eigenvalue weighted by Crippen LogP contribution is 2.32. The van der Waals surface area contributed by atoms with Crippen LogP contribution in [0.4, 0.5) is 4.39 Å². The van der Waals surface area contributed by atoms with Crippen molar-refractivity contribution >= 4 is 11.6 Å². The van der Waals surface area contributed by atoms with Gasteiger partial charge in [-0.15, -0.1) is 0 Å². The van der Waals surface area contributed by atoms with Crippen molar-refractivity contribution in [1.29, 1.82) is 0 Å². The maximum absolute atomic E-state index is 13.3. The Morgan fingerprint density at radius 3 is 2.32 bits per heavy atom. The average molecular weight is 357 g/mol. The molecule has 0 saturated heterocycles. The molecular formula is C23H26ClF.